The molecule has 6 nitrogen and oxygen atoms in total. The molecule has 0 bridgehead atoms. The van der Waals surface area contributed by atoms with Crippen LogP contribution in [0.15, 0.2) is 72.9 Å². The number of benzene rings is 2. The van der Waals surface area contributed by atoms with Crippen LogP contribution in [0, 0.1) is 0 Å². The molecule has 2 N–H and O–H groups in total. The highest BCUT2D eigenvalue weighted by atomic mass is 16.2. The first-order chi connectivity index (χ1) is 13.6. The Kier molecular flexibility index (Phi) is 6.01. The molecular formula is C22H22N4O2. The van der Waals surface area contributed by atoms with Gasteiger partial charge in [0.25, 0.3) is 5.91 Å². The second kappa shape index (κ2) is 8.81. The zero-order chi connectivity index (χ0) is 19.9. The lowest BCUT2D eigenvalue weighted by molar-refractivity contribution is -0.114. The Morgan fingerprint density at radius 2 is 1.54 bits per heavy atom. The third-order valence-electron chi connectivity index (χ3n) is 4.11. The van der Waals surface area contributed by atoms with E-state index in [1.165, 1.54) is 6.92 Å². The number of hydrogen-bond acceptors (Lipinski definition) is 4. The van der Waals surface area contributed by atoms with Crippen LogP contribution in [0.2, 0.25) is 0 Å². The highest BCUT2D eigenvalue weighted by Gasteiger charge is 2.17. The van der Waals surface area contributed by atoms with Crippen LogP contribution in [0.3, 0.4) is 0 Å². The first-order valence-corrected chi connectivity index (χ1v) is 9.04. The quantitative estimate of drug-likeness (QED) is 0.668. The van der Waals surface area contributed by atoms with Gasteiger partial charge >= 0.3 is 0 Å². The third-order valence-corrected chi connectivity index (χ3v) is 4.11. The van der Waals surface area contributed by atoms with E-state index >= 15 is 0 Å². The molecule has 0 saturated carbocycles. The summed E-state index contributed by atoms with van der Waals surface area (Å²) in [6, 6.07) is 20.4. The number of carbonyl (C=O) groups excluding carboxylic acids is 2. The summed E-state index contributed by atoms with van der Waals surface area (Å²) >= 11 is 0. The molecule has 0 aliphatic rings. The number of nitrogens with zero attached hydrogens (tertiary/aromatic N) is 2. The molecule has 28 heavy (non-hydrogen) atoms. The summed E-state index contributed by atoms with van der Waals surface area (Å²) in [7, 11) is 0. The average molecular weight is 374 g/mol. The summed E-state index contributed by atoms with van der Waals surface area (Å²) < 4.78 is 0. The Balaban J connectivity index is 1.69. The van der Waals surface area contributed by atoms with E-state index in [1.54, 1.807) is 17.2 Å². The number of pyridine rings is 1. The summed E-state index contributed by atoms with van der Waals surface area (Å²) in [5.74, 6) is -0.248. The standard InChI is InChI=1S/C22H22N4O2/c1-3-26(20-7-5-4-6-8-20)22(28)21-14-13-19(15-23-21)25-18-11-9-17(10-12-18)24-16(2)27/h4-15,25H,3H2,1-2H3,(H,24,27). The van der Waals surface area contributed by atoms with Gasteiger partial charge in [-0.1, -0.05) is 18.2 Å². The number of amides is 2. The Hall–Kier alpha value is -3.67. The van der Waals surface area contributed by atoms with Gasteiger partial charge in [-0.25, -0.2) is 4.98 Å². The van der Waals surface area contributed by atoms with E-state index in [-0.39, 0.29) is 11.8 Å². The monoisotopic (exact) mass is 374 g/mol. The molecule has 0 unspecified atom stereocenters. The molecule has 1 heterocycles. The minimum Gasteiger partial charge on any atom is -0.354 e. The summed E-state index contributed by atoms with van der Waals surface area (Å²) in [5, 5.41) is 5.95. The summed E-state index contributed by atoms with van der Waals surface area (Å²) in [4.78, 5) is 29.9. The van der Waals surface area contributed by atoms with Gasteiger partial charge in [0.15, 0.2) is 0 Å². The topological polar surface area (TPSA) is 74.3 Å². The number of rotatable bonds is 6. The van der Waals surface area contributed by atoms with Gasteiger partial charge in [-0.15, -0.1) is 0 Å². The van der Waals surface area contributed by atoms with Gasteiger partial charge in [-0.05, 0) is 55.5 Å². The summed E-state index contributed by atoms with van der Waals surface area (Å²) in [6.45, 7) is 3.97. The number of nitrogens with one attached hydrogen (secondary N) is 2. The molecule has 0 aliphatic heterocycles. The zero-order valence-electron chi connectivity index (χ0n) is 15.8. The van der Waals surface area contributed by atoms with Crippen LogP contribution in [0.5, 0.6) is 0 Å². The van der Waals surface area contributed by atoms with Crippen molar-refractivity contribution in [3.05, 3.63) is 78.6 Å². The molecule has 0 aliphatic carbocycles. The van der Waals surface area contributed by atoms with Crippen molar-refractivity contribution in [2.24, 2.45) is 0 Å². The molecule has 3 aromatic rings. The normalized spacial score (nSPS) is 10.2. The Bertz CT molecular complexity index is 939. The van der Waals surface area contributed by atoms with Gasteiger partial charge in [-0.3, -0.25) is 9.59 Å². The van der Waals surface area contributed by atoms with Crippen molar-refractivity contribution < 1.29 is 9.59 Å². The minimum atomic E-state index is -0.139. The fourth-order valence-electron chi connectivity index (χ4n) is 2.79. The number of carbonyl (C=O) groups is 2. The van der Waals surface area contributed by atoms with Crippen molar-refractivity contribution in [1.29, 1.82) is 0 Å². The highest BCUT2D eigenvalue weighted by Crippen LogP contribution is 2.20. The summed E-state index contributed by atoms with van der Waals surface area (Å²) in [6.07, 6.45) is 1.63. The predicted molar refractivity (Wildman–Crippen MR) is 112 cm³/mol. The SMILES string of the molecule is CCN(C(=O)c1ccc(Nc2ccc(NC(C)=O)cc2)cn1)c1ccccc1. The van der Waals surface area contributed by atoms with Crippen molar-refractivity contribution in [2.75, 3.05) is 22.1 Å². The van der Waals surface area contributed by atoms with E-state index in [1.807, 2.05) is 67.6 Å². The van der Waals surface area contributed by atoms with Crippen LogP contribution in [-0.4, -0.2) is 23.3 Å². The molecule has 0 atom stereocenters. The number of para-hydroxylation sites is 1. The zero-order valence-corrected chi connectivity index (χ0v) is 15.8. The van der Waals surface area contributed by atoms with Gasteiger partial charge in [-0.2, -0.15) is 0 Å². The van der Waals surface area contributed by atoms with E-state index in [0.29, 0.717) is 12.2 Å². The number of hydrogen-bond donors (Lipinski definition) is 2. The van der Waals surface area contributed by atoms with E-state index < -0.39 is 0 Å². The van der Waals surface area contributed by atoms with Gasteiger partial charge < -0.3 is 15.5 Å². The fourth-order valence-corrected chi connectivity index (χ4v) is 2.79. The van der Waals surface area contributed by atoms with Crippen molar-refractivity contribution >= 4 is 34.6 Å². The number of anilines is 4. The first kappa shape index (κ1) is 19.1. The third kappa shape index (κ3) is 4.73. The molecule has 0 spiro atoms. The molecule has 3 rings (SSSR count). The van der Waals surface area contributed by atoms with Crippen molar-refractivity contribution in [2.45, 2.75) is 13.8 Å². The van der Waals surface area contributed by atoms with Crippen LogP contribution >= 0.6 is 0 Å². The van der Waals surface area contributed by atoms with Gasteiger partial charge in [0.05, 0.1) is 11.9 Å². The molecule has 0 radical (unpaired) electrons. The largest absolute Gasteiger partial charge is 0.354 e. The lowest BCUT2D eigenvalue weighted by atomic mass is 10.2. The molecule has 1 aromatic heterocycles. The first-order valence-electron chi connectivity index (χ1n) is 9.04. The molecule has 2 amide bonds. The fraction of sp³-hybridized carbons (Fsp3) is 0.136. The van der Waals surface area contributed by atoms with E-state index in [4.69, 9.17) is 0 Å². The molecule has 0 fully saturated rings. The van der Waals surface area contributed by atoms with Crippen LogP contribution in [0.25, 0.3) is 0 Å². The summed E-state index contributed by atoms with van der Waals surface area (Å²) in [5.41, 5.74) is 3.59. The van der Waals surface area contributed by atoms with Gasteiger partial charge in [0, 0.05) is 30.5 Å². The molecule has 142 valence electrons. The smallest absolute Gasteiger partial charge is 0.276 e. The van der Waals surface area contributed by atoms with Crippen LogP contribution in [0.4, 0.5) is 22.7 Å². The Labute approximate surface area is 164 Å². The lowest BCUT2D eigenvalue weighted by Crippen LogP contribution is -2.31. The molecule has 2 aromatic carbocycles. The van der Waals surface area contributed by atoms with Crippen LogP contribution in [-0.2, 0) is 4.79 Å². The molecular weight excluding hydrogens is 352 g/mol. The highest BCUT2D eigenvalue weighted by molar-refractivity contribution is 6.04. The van der Waals surface area contributed by atoms with Crippen molar-refractivity contribution in [1.82, 2.24) is 4.98 Å². The molecule has 6 heteroatoms. The van der Waals surface area contributed by atoms with Crippen LogP contribution < -0.4 is 15.5 Å². The average Bonchev–Trinajstić information content (AvgIpc) is 2.71. The van der Waals surface area contributed by atoms with E-state index in [0.717, 1.165) is 22.7 Å². The van der Waals surface area contributed by atoms with E-state index in [2.05, 4.69) is 15.6 Å². The van der Waals surface area contributed by atoms with Gasteiger partial charge in [0.1, 0.15) is 5.69 Å². The maximum absolute atomic E-state index is 12.8. The number of aromatic nitrogens is 1. The van der Waals surface area contributed by atoms with Crippen molar-refractivity contribution in [3.63, 3.8) is 0 Å². The minimum absolute atomic E-state index is 0.109. The van der Waals surface area contributed by atoms with Gasteiger partial charge in [0.2, 0.25) is 5.91 Å². The lowest BCUT2D eigenvalue weighted by Gasteiger charge is -2.20. The van der Waals surface area contributed by atoms with Crippen molar-refractivity contribution in [3.8, 4) is 0 Å². The predicted octanol–water partition coefficient (Wildman–Crippen LogP) is 4.45. The second-order valence-corrected chi connectivity index (χ2v) is 6.20. The molecule has 0 saturated heterocycles. The van der Waals surface area contributed by atoms with Crippen LogP contribution in [0.1, 0.15) is 24.3 Å². The maximum Gasteiger partial charge on any atom is 0.276 e. The Morgan fingerprint density at radius 1 is 0.893 bits per heavy atom. The van der Waals surface area contributed by atoms with E-state index in [9.17, 15) is 9.59 Å². The second-order valence-electron chi connectivity index (χ2n) is 6.20. The Morgan fingerprint density at radius 3 is 2.11 bits per heavy atom. The maximum atomic E-state index is 12.8.